The Hall–Kier alpha value is -1.43. The summed E-state index contributed by atoms with van der Waals surface area (Å²) >= 11 is 1.07. The third kappa shape index (κ3) is 4.98. The molecule has 1 rings (SSSR count). The molecule has 1 atom stereocenters. The minimum absolute atomic E-state index is 0.0734. The molecule has 0 radical (unpaired) electrons. The van der Waals surface area contributed by atoms with Gasteiger partial charge in [0.05, 0.1) is 0 Å². The van der Waals surface area contributed by atoms with Crippen LogP contribution in [0.25, 0.3) is 0 Å². The van der Waals surface area contributed by atoms with Gasteiger partial charge >= 0.3 is 5.97 Å². The fraction of sp³-hybridized carbons (Fsp3) is 0.615. The second kappa shape index (κ2) is 7.89. The summed E-state index contributed by atoms with van der Waals surface area (Å²) in [5.74, 6) is -1.38. The lowest BCUT2D eigenvalue weighted by Crippen LogP contribution is -2.34. The molecule has 0 fully saturated rings. The molecule has 6 heteroatoms. The zero-order valence-electron chi connectivity index (χ0n) is 11.3. The standard InChI is InChI=1S/C13H20N2O3S/c1-3-5-7-9(6-4-2)14-11(16)12-15-10(8-19-12)13(17)18/h8-9H,3-7H2,1-2H3,(H,14,16)(H,17,18). The van der Waals surface area contributed by atoms with Crippen molar-refractivity contribution in [2.24, 2.45) is 0 Å². The van der Waals surface area contributed by atoms with Crippen molar-refractivity contribution < 1.29 is 14.7 Å². The van der Waals surface area contributed by atoms with Crippen LogP contribution in [0.2, 0.25) is 0 Å². The molecule has 0 saturated carbocycles. The maximum Gasteiger partial charge on any atom is 0.355 e. The largest absolute Gasteiger partial charge is 0.476 e. The number of nitrogens with zero attached hydrogens (tertiary/aromatic N) is 1. The van der Waals surface area contributed by atoms with Gasteiger partial charge in [-0.3, -0.25) is 4.79 Å². The van der Waals surface area contributed by atoms with Crippen LogP contribution in [0.15, 0.2) is 5.38 Å². The van der Waals surface area contributed by atoms with Crippen molar-refractivity contribution >= 4 is 23.2 Å². The summed E-state index contributed by atoms with van der Waals surface area (Å²) in [7, 11) is 0. The second-order valence-electron chi connectivity index (χ2n) is 4.44. The van der Waals surface area contributed by atoms with E-state index in [-0.39, 0.29) is 22.7 Å². The zero-order valence-corrected chi connectivity index (χ0v) is 12.1. The van der Waals surface area contributed by atoms with Crippen LogP contribution in [-0.4, -0.2) is 28.0 Å². The van der Waals surface area contributed by atoms with Crippen LogP contribution < -0.4 is 5.32 Å². The van der Waals surface area contributed by atoms with Gasteiger partial charge in [0.15, 0.2) is 10.7 Å². The van der Waals surface area contributed by atoms with Crippen LogP contribution in [0.3, 0.4) is 0 Å². The minimum Gasteiger partial charge on any atom is -0.476 e. The molecule has 1 unspecified atom stereocenters. The molecule has 2 N–H and O–H groups in total. The average Bonchev–Trinajstić information content (AvgIpc) is 2.86. The number of hydrogen-bond acceptors (Lipinski definition) is 4. The van der Waals surface area contributed by atoms with Crippen LogP contribution in [0.4, 0.5) is 0 Å². The van der Waals surface area contributed by atoms with Gasteiger partial charge in [0.1, 0.15) is 0 Å². The lowest BCUT2D eigenvalue weighted by molar-refractivity contribution is 0.0691. The molecule has 0 aromatic carbocycles. The number of carboxylic acid groups (broad SMARTS) is 1. The molecule has 1 aromatic heterocycles. The van der Waals surface area contributed by atoms with E-state index in [0.29, 0.717) is 0 Å². The number of carbonyl (C=O) groups excluding carboxylic acids is 1. The molecule has 1 amide bonds. The number of carbonyl (C=O) groups is 2. The van der Waals surface area contributed by atoms with E-state index in [9.17, 15) is 9.59 Å². The van der Waals surface area contributed by atoms with Gasteiger partial charge in [-0.1, -0.05) is 33.1 Å². The molecule has 0 aliphatic carbocycles. The number of hydrogen-bond donors (Lipinski definition) is 2. The summed E-state index contributed by atoms with van der Waals surface area (Å²) in [5, 5.41) is 13.3. The summed E-state index contributed by atoms with van der Waals surface area (Å²) in [4.78, 5) is 26.5. The first kappa shape index (κ1) is 15.6. The Morgan fingerprint density at radius 2 is 2.11 bits per heavy atom. The first-order chi connectivity index (χ1) is 9.08. The van der Waals surface area contributed by atoms with Gasteiger partial charge in [0.25, 0.3) is 5.91 Å². The second-order valence-corrected chi connectivity index (χ2v) is 5.30. The molecule has 5 nitrogen and oxygen atoms in total. The highest BCUT2D eigenvalue weighted by Gasteiger charge is 2.17. The molecule has 0 aliphatic heterocycles. The van der Waals surface area contributed by atoms with Crippen molar-refractivity contribution in [3.63, 3.8) is 0 Å². The fourth-order valence-corrected chi connectivity index (χ4v) is 2.50. The Bertz CT molecular complexity index is 431. The van der Waals surface area contributed by atoms with E-state index in [4.69, 9.17) is 5.11 Å². The summed E-state index contributed by atoms with van der Waals surface area (Å²) in [5.41, 5.74) is -0.0734. The van der Waals surface area contributed by atoms with Gasteiger partial charge in [-0.05, 0) is 12.8 Å². The van der Waals surface area contributed by atoms with E-state index in [0.717, 1.165) is 43.4 Å². The van der Waals surface area contributed by atoms with E-state index in [1.165, 1.54) is 5.38 Å². The number of aromatic nitrogens is 1. The predicted molar refractivity (Wildman–Crippen MR) is 74.8 cm³/mol. The van der Waals surface area contributed by atoms with Crippen molar-refractivity contribution in [3.8, 4) is 0 Å². The average molecular weight is 284 g/mol. The predicted octanol–water partition coefficient (Wildman–Crippen LogP) is 2.93. The Kier molecular flexibility index (Phi) is 6.49. The Morgan fingerprint density at radius 3 is 2.63 bits per heavy atom. The summed E-state index contributed by atoms with van der Waals surface area (Å²) in [6.07, 6.45) is 5.06. The molecule has 0 spiro atoms. The van der Waals surface area contributed by atoms with E-state index >= 15 is 0 Å². The molecule has 0 aliphatic rings. The number of thiazole rings is 1. The maximum absolute atomic E-state index is 12.0. The van der Waals surface area contributed by atoms with E-state index in [1.807, 2.05) is 0 Å². The van der Waals surface area contributed by atoms with Crippen LogP contribution in [0.1, 0.15) is 66.2 Å². The number of unbranched alkanes of at least 4 members (excludes halogenated alkanes) is 1. The smallest absolute Gasteiger partial charge is 0.355 e. The van der Waals surface area contributed by atoms with Gasteiger partial charge in [-0.2, -0.15) is 0 Å². The summed E-state index contributed by atoms with van der Waals surface area (Å²) in [6.45, 7) is 4.20. The molecule has 0 saturated heterocycles. The molecular formula is C13H20N2O3S. The summed E-state index contributed by atoms with van der Waals surface area (Å²) in [6, 6.07) is 0.148. The quantitative estimate of drug-likeness (QED) is 0.769. The molecule has 106 valence electrons. The van der Waals surface area contributed by atoms with E-state index in [2.05, 4.69) is 24.1 Å². The number of nitrogens with one attached hydrogen (secondary N) is 1. The van der Waals surface area contributed by atoms with Crippen molar-refractivity contribution in [1.82, 2.24) is 10.3 Å². The van der Waals surface area contributed by atoms with Gasteiger partial charge in [-0.25, -0.2) is 9.78 Å². The molecule has 1 heterocycles. The monoisotopic (exact) mass is 284 g/mol. The van der Waals surface area contributed by atoms with E-state index in [1.54, 1.807) is 0 Å². The van der Waals surface area contributed by atoms with Gasteiger partial charge < -0.3 is 10.4 Å². The SMILES string of the molecule is CCCCC(CCC)NC(=O)c1nc(C(=O)O)cs1. The van der Waals surface area contributed by atoms with Crippen molar-refractivity contribution in [2.75, 3.05) is 0 Å². The first-order valence-electron chi connectivity index (χ1n) is 6.58. The lowest BCUT2D eigenvalue weighted by atomic mass is 10.1. The third-order valence-electron chi connectivity index (χ3n) is 2.80. The van der Waals surface area contributed by atoms with Crippen molar-refractivity contribution in [1.29, 1.82) is 0 Å². The van der Waals surface area contributed by atoms with E-state index < -0.39 is 5.97 Å². The van der Waals surface area contributed by atoms with Gasteiger partial charge in [0, 0.05) is 11.4 Å². The highest BCUT2D eigenvalue weighted by molar-refractivity contribution is 7.11. The van der Waals surface area contributed by atoms with Crippen molar-refractivity contribution in [3.05, 3.63) is 16.1 Å². The topological polar surface area (TPSA) is 79.3 Å². The minimum atomic E-state index is -1.11. The maximum atomic E-state index is 12.0. The first-order valence-corrected chi connectivity index (χ1v) is 7.46. The highest BCUT2D eigenvalue weighted by Crippen LogP contribution is 2.12. The van der Waals surface area contributed by atoms with Gasteiger partial charge in [-0.15, -0.1) is 11.3 Å². The van der Waals surface area contributed by atoms with Crippen LogP contribution >= 0.6 is 11.3 Å². The van der Waals surface area contributed by atoms with Crippen LogP contribution in [-0.2, 0) is 0 Å². The third-order valence-corrected chi connectivity index (χ3v) is 3.64. The zero-order chi connectivity index (χ0) is 14.3. The number of carboxylic acids is 1. The Morgan fingerprint density at radius 1 is 1.37 bits per heavy atom. The molecular weight excluding hydrogens is 264 g/mol. The van der Waals surface area contributed by atoms with Crippen molar-refractivity contribution in [2.45, 2.75) is 52.0 Å². The van der Waals surface area contributed by atoms with Crippen LogP contribution in [0, 0.1) is 0 Å². The van der Waals surface area contributed by atoms with Gasteiger partial charge in [0.2, 0.25) is 0 Å². The molecule has 19 heavy (non-hydrogen) atoms. The summed E-state index contributed by atoms with van der Waals surface area (Å²) < 4.78 is 0. The highest BCUT2D eigenvalue weighted by atomic mass is 32.1. The fourth-order valence-electron chi connectivity index (χ4n) is 1.81. The molecule has 1 aromatic rings. The lowest BCUT2D eigenvalue weighted by Gasteiger charge is -2.16. The normalized spacial score (nSPS) is 12.1. The Balaban J connectivity index is 2.61. The molecule has 0 bridgehead atoms. The number of rotatable bonds is 8. The Labute approximate surface area is 117 Å². The number of amides is 1. The number of aromatic carboxylic acids is 1. The van der Waals surface area contributed by atoms with Crippen LogP contribution in [0.5, 0.6) is 0 Å².